The van der Waals surface area contributed by atoms with E-state index < -0.39 is 57.8 Å². The highest BCUT2D eigenvalue weighted by Crippen LogP contribution is 2.43. The summed E-state index contributed by atoms with van der Waals surface area (Å²) < 4.78 is 39.4. The number of phosphoric ester groups is 1. The summed E-state index contributed by atoms with van der Waals surface area (Å²) in [6, 6.07) is 0. The van der Waals surface area contributed by atoms with Gasteiger partial charge in [0.05, 0.1) is 19.8 Å². The number of ether oxygens (including phenoxy) is 3. The fourth-order valence-electron chi connectivity index (χ4n) is 6.88. The van der Waals surface area contributed by atoms with Gasteiger partial charge in [0, 0.05) is 19.3 Å². The lowest BCUT2D eigenvalue weighted by Gasteiger charge is -2.21. The van der Waals surface area contributed by atoms with Crippen molar-refractivity contribution in [1.82, 2.24) is 0 Å². The minimum atomic E-state index is -4.78. The smallest absolute Gasteiger partial charge is 0.462 e. The van der Waals surface area contributed by atoms with Gasteiger partial charge in [0.25, 0.3) is 0 Å². The molecule has 0 aliphatic rings. The number of allylic oxidation sites excluding steroid dienone is 22. The van der Waals surface area contributed by atoms with Crippen molar-refractivity contribution in [2.75, 3.05) is 26.4 Å². The molecule has 0 bridgehead atoms. The van der Waals surface area contributed by atoms with Crippen LogP contribution in [0.4, 0.5) is 0 Å². The minimum absolute atomic E-state index is 0.131. The first-order chi connectivity index (χ1) is 36.2. The monoisotopic (exact) mass is 1050 g/mol. The third-order valence-electron chi connectivity index (χ3n) is 11.1. The normalized spacial score (nSPS) is 14.4. The molecule has 0 aliphatic carbocycles. The Morgan fingerprint density at radius 2 is 0.662 bits per heavy atom. The van der Waals surface area contributed by atoms with E-state index in [-0.39, 0.29) is 25.9 Å². The lowest BCUT2D eigenvalue weighted by Crippen LogP contribution is -2.30. The zero-order valence-corrected chi connectivity index (χ0v) is 46.9. The number of phosphoric acid groups is 1. The van der Waals surface area contributed by atoms with Crippen LogP contribution in [0, 0.1) is 0 Å². The first-order valence-electron chi connectivity index (χ1n) is 28.1. The maximum Gasteiger partial charge on any atom is 0.472 e. The van der Waals surface area contributed by atoms with Gasteiger partial charge in [-0.3, -0.25) is 23.4 Å². The van der Waals surface area contributed by atoms with Gasteiger partial charge in [-0.1, -0.05) is 187 Å². The molecule has 0 aromatic heterocycles. The first kappa shape index (κ1) is 69.6. The van der Waals surface area contributed by atoms with Crippen molar-refractivity contribution in [3.63, 3.8) is 0 Å². The molecule has 74 heavy (non-hydrogen) atoms. The van der Waals surface area contributed by atoms with Gasteiger partial charge in [0.1, 0.15) is 12.7 Å². The molecule has 0 rings (SSSR count). The number of carbonyl (C=O) groups is 3. The number of aliphatic hydroxyl groups is 1. The van der Waals surface area contributed by atoms with Crippen molar-refractivity contribution in [3.8, 4) is 0 Å². The fraction of sp³-hybridized carbons (Fsp3) is 0.597. The number of carbonyl (C=O) groups excluding carboxylic acids is 3. The lowest BCUT2D eigenvalue weighted by molar-refractivity contribution is -0.161. The van der Waals surface area contributed by atoms with Crippen molar-refractivity contribution in [2.24, 2.45) is 0 Å². The van der Waals surface area contributed by atoms with E-state index in [0.29, 0.717) is 19.3 Å². The highest BCUT2D eigenvalue weighted by atomic mass is 31.2. The van der Waals surface area contributed by atoms with Gasteiger partial charge in [-0.2, -0.15) is 0 Å². The summed E-state index contributed by atoms with van der Waals surface area (Å²) in [5.74, 6) is -1.58. The Kier molecular flexibility index (Phi) is 51.6. The van der Waals surface area contributed by atoms with Crippen LogP contribution in [0.15, 0.2) is 134 Å². The van der Waals surface area contributed by atoms with E-state index in [9.17, 15) is 28.9 Å². The second-order valence-corrected chi connectivity index (χ2v) is 19.4. The first-order valence-corrected chi connectivity index (χ1v) is 29.6. The molecule has 0 aromatic rings. The molecule has 0 spiro atoms. The van der Waals surface area contributed by atoms with Crippen LogP contribution in [-0.2, 0) is 42.2 Å². The maximum atomic E-state index is 12.9. The summed E-state index contributed by atoms with van der Waals surface area (Å²) in [5, 5.41) is 9.80. The zero-order valence-electron chi connectivity index (χ0n) is 46.0. The van der Waals surface area contributed by atoms with Gasteiger partial charge in [-0.05, 0) is 128 Å². The van der Waals surface area contributed by atoms with Gasteiger partial charge in [-0.25, -0.2) is 4.57 Å². The summed E-state index contributed by atoms with van der Waals surface area (Å²) in [6.07, 6.45) is 68.5. The van der Waals surface area contributed by atoms with Gasteiger partial charge < -0.3 is 24.2 Å². The van der Waals surface area contributed by atoms with Gasteiger partial charge in [-0.15, -0.1) is 0 Å². The van der Waals surface area contributed by atoms with Gasteiger partial charge in [0.2, 0.25) is 0 Å². The molecule has 0 saturated heterocycles. The molecule has 0 aromatic carbocycles. The number of aliphatic hydroxyl groups excluding tert-OH is 1. The standard InChI is InChI=1S/C62H99O11P/c1-4-7-10-13-16-19-22-25-27-28-29-30-32-35-38-41-44-47-50-53-62(66)73-59(55-69-60(64)51-48-45-42-39-36-34-31-26-23-20-17-14-11-8-5-2)57-71-74(67,68)70-56-58(54-63)72-61(65)52-49-46-43-40-37-33-24-21-18-15-12-9-6-3/h7-12,16-21,25-27,29-31,33,36-37,39,58-59,63H,4-6,13-15,22-24,28,32,34-35,38,40-57H2,1-3H3,(H,67,68)/b10-7-,11-8-,12-9-,19-16-,20-17-,21-18-,27-25-,30-29-,31-26-,37-33-,39-36-. The van der Waals surface area contributed by atoms with Crippen LogP contribution in [-0.4, -0.2) is 66.5 Å². The third kappa shape index (κ3) is 52.5. The summed E-state index contributed by atoms with van der Waals surface area (Å²) in [6.45, 7) is 4.18. The predicted octanol–water partition coefficient (Wildman–Crippen LogP) is 16.6. The van der Waals surface area contributed by atoms with Crippen LogP contribution in [0.1, 0.15) is 201 Å². The Balaban J connectivity index is 4.86. The molecule has 0 saturated carbocycles. The molecular formula is C62H99O11P. The molecule has 0 fully saturated rings. The van der Waals surface area contributed by atoms with Crippen LogP contribution in [0.2, 0.25) is 0 Å². The molecule has 0 radical (unpaired) electrons. The second kappa shape index (κ2) is 54.9. The summed E-state index contributed by atoms with van der Waals surface area (Å²) in [5.41, 5.74) is 0. The molecule has 0 amide bonds. The highest BCUT2D eigenvalue weighted by Gasteiger charge is 2.28. The Labute approximate surface area is 449 Å². The van der Waals surface area contributed by atoms with Crippen LogP contribution in [0.5, 0.6) is 0 Å². The third-order valence-corrected chi connectivity index (χ3v) is 12.0. The largest absolute Gasteiger partial charge is 0.472 e. The lowest BCUT2D eigenvalue weighted by atomic mass is 10.1. The Morgan fingerprint density at radius 1 is 0.378 bits per heavy atom. The second-order valence-electron chi connectivity index (χ2n) is 18.0. The predicted molar refractivity (Wildman–Crippen MR) is 306 cm³/mol. The molecule has 2 N–H and O–H groups in total. The van der Waals surface area contributed by atoms with E-state index in [2.05, 4.69) is 154 Å². The summed E-state index contributed by atoms with van der Waals surface area (Å²) >= 11 is 0. The van der Waals surface area contributed by atoms with Crippen LogP contribution in [0.25, 0.3) is 0 Å². The molecule has 11 nitrogen and oxygen atoms in total. The van der Waals surface area contributed by atoms with Crippen LogP contribution < -0.4 is 0 Å². The summed E-state index contributed by atoms with van der Waals surface area (Å²) in [4.78, 5) is 48.5. The van der Waals surface area contributed by atoms with Gasteiger partial charge in [0.15, 0.2) is 6.10 Å². The van der Waals surface area contributed by atoms with Crippen molar-refractivity contribution >= 4 is 25.7 Å². The molecule has 0 heterocycles. The average molecular weight is 1050 g/mol. The van der Waals surface area contributed by atoms with Crippen molar-refractivity contribution in [3.05, 3.63) is 134 Å². The van der Waals surface area contributed by atoms with Crippen LogP contribution >= 0.6 is 7.82 Å². The average Bonchev–Trinajstić information content (AvgIpc) is 3.39. The van der Waals surface area contributed by atoms with E-state index in [1.165, 1.54) is 0 Å². The topological polar surface area (TPSA) is 155 Å². The SMILES string of the molecule is CC/C=C\C/C=C\C/C=C\C/C=C\CCCCCCCCC(=O)OC(COC(=O)CCCC/C=C\C/C=C\C/C=C\C/C=C\CC)COP(=O)(O)OCC(CO)OC(=O)CCCCC/C=C\C/C=C\C/C=C\CC. The van der Waals surface area contributed by atoms with Crippen molar-refractivity contribution < 1.29 is 52.2 Å². The van der Waals surface area contributed by atoms with E-state index in [4.69, 9.17) is 23.3 Å². The Morgan fingerprint density at radius 3 is 1.05 bits per heavy atom. The van der Waals surface area contributed by atoms with Crippen LogP contribution in [0.3, 0.4) is 0 Å². The number of hydrogen-bond donors (Lipinski definition) is 2. The molecule has 12 heteroatoms. The molecule has 3 atom stereocenters. The van der Waals surface area contributed by atoms with Crippen molar-refractivity contribution in [1.29, 1.82) is 0 Å². The zero-order chi connectivity index (χ0) is 54.1. The quantitative estimate of drug-likeness (QED) is 0.0197. The minimum Gasteiger partial charge on any atom is -0.462 e. The maximum absolute atomic E-state index is 12.9. The number of rotatable bonds is 50. The molecular weight excluding hydrogens is 952 g/mol. The van der Waals surface area contributed by atoms with Crippen molar-refractivity contribution in [2.45, 2.75) is 213 Å². The van der Waals surface area contributed by atoms with E-state index in [1.807, 2.05) is 0 Å². The molecule has 0 aliphatic heterocycles. The van der Waals surface area contributed by atoms with E-state index in [1.54, 1.807) is 0 Å². The van der Waals surface area contributed by atoms with E-state index in [0.717, 1.165) is 141 Å². The number of hydrogen-bond acceptors (Lipinski definition) is 10. The highest BCUT2D eigenvalue weighted by molar-refractivity contribution is 7.47. The Bertz CT molecular complexity index is 1750. The Hall–Kier alpha value is -4.38. The molecule has 418 valence electrons. The summed E-state index contributed by atoms with van der Waals surface area (Å²) in [7, 11) is -4.78. The fourth-order valence-corrected chi connectivity index (χ4v) is 7.66. The van der Waals surface area contributed by atoms with Gasteiger partial charge >= 0.3 is 25.7 Å². The number of esters is 3. The van der Waals surface area contributed by atoms with E-state index >= 15 is 0 Å². The molecule has 3 unspecified atom stereocenters. The number of unbranched alkanes of at least 4 members (excludes halogenated alkanes) is 11.